The minimum atomic E-state index is -0.760. The normalized spacial score (nSPS) is 17.6. The Bertz CT molecular complexity index is 1050. The smallest absolute Gasteiger partial charge is 0.305 e. The van der Waals surface area contributed by atoms with Crippen LogP contribution in [0.15, 0.2) is 23.1 Å². The van der Waals surface area contributed by atoms with Crippen molar-refractivity contribution in [2.75, 3.05) is 17.2 Å². The maximum absolute atomic E-state index is 14.7. The molecule has 8 heteroatoms. The van der Waals surface area contributed by atoms with E-state index in [1.54, 1.807) is 4.57 Å². The molecule has 132 valence electrons. The maximum Gasteiger partial charge on any atom is 0.305 e. The summed E-state index contributed by atoms with van der Waals surface area (Å²) in [6.07, 6.45) is 3.63. The van der Waals surface area contributed by atoms with E-state index in [0.717, 1.165) is 35.6 Å². The molecule has 1 aliphatic heterocycles. The van der Waals surface area contributed by atoms with E-state index in [1.165, 1.54) is 12.3 Å². The Morgan fingerprint density at radius 3 is 2.73 bits per heavy atom. The highest BCUT2D eigenvalue weighted by molar-refractivity contribution is 8.15. The molecule has 2 aromatic rings. The number of benzene rings is 1. The largest absolute Gasteiger partial charge is 0.346 e. The number of nitriles is 1. The number of carbonyl (C=O) groups is 2. The lowest BCUT2D eigenvalue weighted by atomic mass is 10.1. The number of anilines is 1. The van der Waals surface area contributed by atoms with E-state index < -0.39 is 22.3 Å². The quantitative estimate of drug-likeness (QED) is 0.771. The van der Waals surface area contributed by atoms with Crippen LogP contribution in [-0.4, -0.2) is 27.9 Å². The Labute approximate surface area is 152 Å². The number of rotatable bonds is 3. The number of thioether (sulfide) groups is 1. The van der Waals surface area contributed by atoms with Crippen molar-refractivity contribution in [2.24, 2.45) is 5.92 Å². The summed E-state index contributed by atoms with van der Waals surface area (Å²) in [4.78, 5) is 37.4. The van der Waals surface area contributed by atoms with Crippen LogP contribution >= 0.6 is 11.8 Å². The van der Waals surface area contributed by atoms with Crippen molar-refractivity contribution in [3.63, 3.8) is 0 Å². The molecule has 2 fully saturated rings. The number of aromatic nitrogens is 1. The average molecular weight is 371 g/mol. The van der Waals surface area contributed by atoms with E-state index in [-0.39, 0.29) is 23.2 Å². The highest BCUT2D eigenvalue weighted by atomic mass is 32.2. The molecule has 0 unspecified atom stereocenters. The third kappa shape index (κ3) is 2.78. The first-order chi connectivity index (χ1) is 12.5. The van der Waals surface area contributed by atoms with Gasteiger partial charge in [0.25, 0.3) is 5.12 Å². The second-order valence-corrected chi connectivity index (χ2v) is 7.56. The number of halogens is 1. The number of fused-ring (bicyclic) bond motifs is 1. The van der Waals surface area contributed by atoms with E-state index in [0.29, 0.717) is 23.7 Å². The van der Waals surface area contributed by atoms with E-state index in [1.807, 2.05) is 6.07 Å². The first kappa shape index (κ1) is 16.8. The number of hydrogen-bond acceptors (Lipinski definition) is 5. The summed E-state index contributed by atoms with van der Waals surface area (Å²) in [5, 5.41) is 8.68. The monoisotopic (exact) mass is 371 g/mol. The van der Waals surface area contributed by atoms with Gasteiger partial charge in [-0.3, -0.25) is 14.4 Å². The van der Waals surface area contributed by atoms with Crippen molar-refractivity contribution in [3.8, 4) is 6.07 Å². The number of nitrogens with zero attached hydrogens (tertiary/aromatic N) is 3. The first-order valence-corrected chi connectivity index (χ1v) is 9.23. The van der Waals surface area contributed by atoms with Crippen LogP contribution in [0.2, 0.25) is 0 Å². The molecule has 1 saturated carbocycles. The van der Waals surface area contributed by atoms with Gasteiger partial charge in [0, 0.05) is 25.0 Å². The number of pyridine rings is 1. The van der Waals surface area contributed by atoms with Crippen molar-refractivity contribution in [1.29, 1.82) is 5.26 Å². The molecular formula is C18H14FN3O3S. The molecule has 6 nitrogen and oxygen atoms in total. The first-order valence-electron chi connectivity index (χ1n) is 8.25. The minimum Gasteiger partial charge on any atom is -0.346 e. The van der Waals surface area contributed by atoms with Crippen LogP contribution in [0.1, 0.15) is 18.4 Å². The van der Waals surface area contributed by atoms with Gasteiger partial charge in [0.2, 0.25) is 5.43 Å². The number of amides is 1. The van der Waals surface area contributed by atoms with E-state index in [2.05, 4.69) is 0 Å². The van der Waals surface area contributed by atoms with Gasteiger partial charge < -0.3 is 9.47 Å². The van der Waals surface area contributed by atoms with Crippen molar-refractivity contribution in [1.82, 2.24) is 4.57 Å². The summed E-state index contributed by atoms with van der Waals surface area (Å²) in [5.74, 6) is -0.653. The third-order valence-corrected chi connectivity index (χ3v) is 5.50. The van der Waals surface area contributed by atoms with Crippen molar-refractivity contribution in [2.45, 2.75) is 19.4 Å². The van der Waals surface area contributed by atoms with Crippen LogP contribution in [-0.2, 0) is 16.1 Å². The van der Waals surface area contributed by atoms with E-state index in [4.69, 9.17) is 0 Å². The molecule has 1 aliphatic carbocycles. The summed E-state index contributed by atoms with van der Waals surface area (Å²) in [6, 6.07) is 4.37. The topological polar surface area (TPSA) is 83.2 Å². The second kappa shape index (κ2) is 6.25. The molecule has 26 heavy (non-hydrogen) atoms. The Hall–Kier alpha value is -2.66. The predicted molar refractivity (Wildman–Crippen MR) is 95.4 cm³/mol. The summed E-state index contributed by atoms with van der Waals surface area (Å²) >= 11 is 0.917. The summed E-state index contributed by atoms with van der Waals surface area (Å²) in [5.41, 5.74) is -0.108. The molecule has 1 aromatic heterocycles. The molecule has 0 radical (unpaired) electrons. The summed E-state index contributed by atoms with van der Waals surface area (Å²) < 4.78 is 16.5. The van der Waals surface area contributed by atoms with Crippen LogP contribution in [0.5, 0.6) is 0 Å². The molecule has 0 bridgehead atoms. The standard InChI is InChI=1S/C18H14FN3O3S/c19-13-5-12-14(6-15(13)22-3-4-26-18(25)17(22)24)21(8-10-1-2-10)9-11(7-20)16(12)23/h5-6,9-10H,1-4,8H2. The molecular weight excluding hydrogens is 357 g/mol. The lowest BCUT2D eigenvalue weighted by Crippen LogP contribution is -2.41. The van der Waals surface area contributed by atoms with Crippen molar-refractivity contribution >= 4 is 39.4 Å². The maximum atomic E-state index is 14.7. The van der Waals surface area contributed by atoms with Crippen LogP contribution < -0.4 is 10.3 Å². The van der Waals surface area contributed by atoms with Gasteiger partial charge in [0.1, 0.15) is 17.4 Å². The lowest BCUT2D eigenvalue weighted by Gasteiger charge is -2.26. The van der Waals surface area contributed by atoms with Gasteiger partial charge in [-0.1, -0.05) is 11.8 Å². The Morgan fingerprint density at radius 2 is 2.04 bits per heavy atom. The molecule has 2 aliphatic rings. The molecule has 1 amide bonds. The molecule has 4 rings (SSSR count). The Balaban J connectivity index is 1.92. The molecule has 0 atom stereocenters. The Morgan fingerprint density at radius 1 is 1.27 bits per heavy atom. The highest BCUT2D eigenvalue weighted by Gasteiger charge is 2.31. The number of hydrogen-bond donors (Lipinski definition) is 0. The second-order valence-electron chi connectivity index (χ2n) is 6.49. The van der Waals surface area contributed by atoms with Crippen LogP contribution in [0, 0.1) is 23.1 Å². The minimum absolute atomic E-state index is 0.00944. The lowest BCUT2D eigenvalue weighted by molar-refractivity contribution is -0.131. The van der Waals surface area contributed by atoms with Crippen LogP contribution in [0.3, 0.4) is 0 Å². The zero-order valence-corrected chi connectivity index (χ0v) is 14.5. The van der Waals surface area contributed by atoms with Gasteiger partial charge in [-0.15, -0.1) is 0 Å². The van der Waals surface area contributed by atoms with Crippen LogP contribution in [0.25, 0.3) is 10.9 Å². The fraction of sp³-hybridized carbons (Fsp3) is 0.333. The van der Waals surface area contributed by atoms with E-state index >= 15 is 0 Å². The van der Waals surface area contributed by atoms with Gasteiger partial charge in [-0.25, -0.2) is 4.39 Å². The summed E-state index contributed by atoms with van der Waals surface area (Å²) in [7, 11) is 0. The summed E-state index contributed by atoms with van der Waals surface area (Å²) in [6.45, 7) is 0.847. The Kier molecular flexibility index (Phi) is 4.04. The van der Waals surface area contributed by atoms with Gasteiger partial charge in [0.15, 0.2) is 0 Å². The molecule has 1 aromatic carbocycles. The van der Waals surface area contributed by atoms with Gasteiger partial charge in [0.05, 0.1) is 16.6 Å². The predicted octanol–water partition coefficient (Wildman–Crippen LogP) is 2.03. The third-order valence-electron chi connectivity index (χ3n) is 4.68. The SMILES string of the molecule is N#Cc1cn(CC2CC2)c2cc(N3CCSC(=O)C3=O)c(F)cc2c1=O. The number of carbonyl (C=O) groups excluding carboxylic acids is 2. The zero-order chi connectivity index (χ0) is 18.4. The molecule has 2 heterocycles. The van der Waals surface area contributed by atoms with Crippen LogP contribution in [0.4, 0.5) is 10.1 Å². The molecule has 0 spiro atoms. The average Bonchev–Trinajstić information content (AvgIpc) is 3.44. The zero-order valence-electron chi connectivity index (χ0n) is 13.7. The van der Waals surface area contributed by atoms with E-state index in [9.17, 15) is 24.0 Å². The fourth-order valence-electron chi connectivity index (χ4n) is 3.15. The van der Waals surface area contributed by atoms with Gasteiger partial charge in [-0.05, 0) is 30.9 Å². The highest BCUT2D eigenvalue weighted by Crippen LogP contribution is 2.33. The molecule has 0 N–H and O–H groups in total. The van der Waals surface area contributed by atoms with Crippen molar-refractivity contribution < 1.29 is 14.0 Å². The van der Waals surface area contributed by atoms with Gasteiger partial charge in [-0.2, -0.15) is 5.26 Å². The van der Waals surface area contributed by atoms with Crippen molar-refractivity contribution in [3.05, 3.63) is 39.9 Å². The van der Waals surface area contributed by atoms with Gasteiger partial charge >= 0.3 is 5.91 Å². The fourth-order valence-corrected chi connectivity index (χ4v) is 3.84. The molecule has 1 saturated heterocycles.